The van der Waals surface area contributed by atoms with E-state index in [0.717, 1.165) is 31.6 Å². The molecular weight excluding hydrogens is 572 g/mol. The molecule has 1 unspecified atom stereocenters. The van der Waals surface area contributed by atoms with Crippen LogP contribution in [0.1, 0.15) is 49.4 Å². The van der Waals surface area contributed by atoms with Crippen LogP contribution in [0.2, 0.25) is 0 Å². The number of hydrogen-bond acceptors (Lipinski definition) is 8. The lowest BCUT2D eigenvalue weighted by atomic mass is 9.95. The molecule has 3 aromatic carbocycles. The highest BCUT2D eigenvalue weighted by molar-refractivity contribution is 6.46. The summed E-state index contributed by atoms with van der Waals surface area (Å²) in [6, 6.07) is 21.4. The van der Waals surface area contributed by atoms with E-state index >= 15 is 0 Å². The van der Waals surface area contributed by atoms with Crippen molar-refractivity contribution in [3.8, 4) is 17.2 Å². The van der Waals surface area contributed by atoms with Gasteiger partial charge in [-0.15, -0.1) is 0 Å². The van der Waals surface area contributed by atoms with E-state index in [9.17, 15) is 14.7 Å². The summed E-state index contributed by atoms with van der Waals surface area (Å²) < 4.78 is 23.2. The third-order valence-corrected chi connectivity index (χ3v) is 7.94. The summed E-state index contributed by atoms with van der Waals surface area (Å²) in [5.41, 5.74) is 2.15. The molecule has 0 aromatic heterocycles. The molecule has 0 aliphatic carbocycles. The maximum absolute atomic E-state index is 13.6. The van der Waals surface area contributed by atoms with Crippen molar-refractivity contribution in [2.75, 3.05) is 52.6 Å². The van der Waals surface area contributed by atoms with Crippen LogP contribution in [0.4, 0.5) is 0 Å². The molecule has 238 valence electrons. The summed E-state index contributed by atoms with van der Waals surface area (Å²) >= 11 is 0. The molecule has 0 spiro atoms. The number of likely N-dealkylation sites (tertiary alicyclic amines) is 1. The largest absolute Gasteiger partial charge is 0.507 e. The quantitative estimate of drug-likeness (QED) is 0.143. The first kappa shape index (κ1) is 32.1. The standard InChI is InChI=1S/C36H42N2O7/c1-3-21-44-29-14-11-27(12-15-29)34(39)32-33(38(36(41)35(32)40)18-8-17-37-19-22-42-23-20-37)28-13-16-30(31(24-28)43-4-2)45-25-26-9-6-5-7-10-26/h5-7,9-16,24,33,39H,3-4,8,17-23,25H2,1-2H3/b34-32+. The fraction of sp³-hybridized carbons (Fsp3) is 0.389. The number of Topliss-reactive ketones (excluding diaryl/α,β-unsaturated/α-hetero) is 1. The number of carbonyl (C=O) groups excluding carboxylic acids is 2. The van der Waals surface area contributed by atoms with Crippen molar-refractivity contribution in [3.63, 3.8) is 0 Å². The van der Waals surface area contributed by atoms with Gasteiger partial charge in [0.1, 0.15) is 18.1 Å². The van der Waals surface area contributed by atoms with Crippen molar-refractivity contribution in [2.24, 2.45) is 0 Å². The van der Waals surface area contributed by atoms with E-state index in [0.29, 0.717) is 74.4 Å². The molecule has 2 aliphatic rings. The van der Waals surface area contributed by atoms with Crippen LogP contribution in [-0.2, 0) is 20.9 Å². The van der Waals surface area contributed by atoms with Gasteiger partial charge >= 0.3 is 0 Å². The minimum absolute atomic E-state index is 0.0500. The maximum atomic E-state index is 13.6. The van der Waals surface area contributed by atoms with Gasteiger partial charge in [0.15, 0.2) is 11.5 Å². The molecule has 2 aliphatic heterocycles. The lowest BCUT2D eigenvalue weighted by molar-refractivity contribution is -0.140. The van der Waals surface area contributed by atoms with Crippen LogP contribution < -0.4 is 14.2 Å². The number of aliphatic hydroxyl groups is 1. The molecule has 1 amide bonds. The highest BCUT2D eigenvalue weighted by Gasteiger charge is 2.46. The van der Waals surface area contributed by atoms with E-state index in [1.54, 1.807) is 35.2 Å². The first-order valence-corrected chi connectivity index (χ1v) is 15.7. The molecule has 45 heavy (non-hydrogen) atoms. The molecule has 1 N–H and O–H groups in total. The number of carbonyl (C=O) groups is 2. The van der Waals surface area contributed by atoms with E-state index < -0.39 is 17.7 Å². The van der Waals surface area contributed by atoms with Crippen LogP contribution in [0.15, 0.2) is 78.4 Å². The van der Waals surface area contributed by atoms with Crippen molar-refractivity contribution < 1.29 is 33.6 Å². The van der Waals surface area contributed by atoms with E-state index in [-0.39, 0.29) is 11.3 Å². The number of ether oxygens (including phenoxy) is 4. The van der Waals surface area contributed by atoms with Gasteiger partial charge in [0.2, 0.25) is 0 Å². The zero-order valence-corrected chi connectivity index (χ0v) is 26.1. The Morgan fingerprint density at radius 2 is 1.64 bits per heavy atom. The van der Waals surface area contributed by atoms with Crippen molar-refractivity contribution in [2.45, 2.75) is 39.3 Å². The maximum Gasteiger partial charge on any atom is 0.295 e. The van der Waals surface area contributed by atoms with Crippen molar-refractivity contribution in [3.05, 3.63) is 95.1 Å². The van der Waals surface area contributed by atoms with E-state index in [1.807, 2.05) is 56.3 Å². The van der Waals surface area contributed by atoms with E-state index in [4.69, 9.17) is 18.9 Å². The smallest absolute Gasteiger partial charge is 0.295 e. The lowest BCUT2D eigenvalue weighted by Gasteiger charge is -2.29. The summed E-state index contributed by atoms with van der Waals surface area (Å²) in [6.45, 7) is 9.42. The van der Waals surface area contributed by atoms with Crippen LogP contribution in [-0.4, -0.2) is 79.2 Å². The van der Waals surface area contributed by atoms with Crippen LogP contribution in [0, 0.1) is 0 Å². The zero-order chi connectivity index (χ0) is 31.6. The molecule has 9 heteroatoms. The molecule has 2 heterocycles. The normalized spacial score (nSPS) is 18.3. The van der Waals surface area contributed by atoms with E-state index in [1.165, 1.54) is 0 Å². The van der Waals surface area contributed by atoms with Gasteiger partial charge < -0.3 is 29.0 Å². The second-order valence-electron chi connectivity index (χ2n) is 11.1. The predicted octanol–water partition coefficient (Wildman–Crippen LogP) is 5.60. The number of aliphatic hydroxyl groups excluding tert-OH is 1. The summed E-state index contributed by atoms with van der Waals surface area (Å²) in [6.07, 6.45) is 1.54. The summed E-state index contributed by atoms with van der Waals surface area (Å²) in [7, 11) is 0. The minimum atomic E-state index is -0.798. The molecule has 3 aromatic rings. The number of amides is 1. The second kappa shape index (κ2) is 15.6. The summed E-state index contributed by atoms with van der Waals surface area (Å²) in [5.74, 6) is 0.157. The van der Waals surface area contributed by atoms with Gasteiger partial charge in [-0.1, -0.05) is 43.3 Å². The zero-order valence-electron chi connectivity index (χ0n) is 26.1. The van der Waals surface area contributed by atoms with Crippen molar-refractivity contribution in [1.82, 2.24) is 9.80 Å². The Morgan fingerprint density at radius 3 is 2.36 bits per heavy atom. The Balaban J connectivity index is 1.48. The number of morpholine rings is 1. The first-order valence-electron chi connectivity index (χ1n) is 15.7. The molecule has 0 bridgehead atoms. The molecular formula is C36H42N2O7. The molecule has 0 saturated carbocycles. The Hall–Kier alpha value is -4.34. The Kier molecular flexibility index (Phi) is 11.1. The van der Waals surface area contributed by atoms with Crippen molar-refractivity contribution in [1.29, 1.82) is 0 Å². The average Bonchev–Trinajstić information content (AvgIpc) is 3.33. The number of ketones is 1. The molecule has 9 nitrogen and oxygen atoms in total. The van der Waals surface area contributed by atoms with Crippen LogP contribution in [0.3, 0.4) is 0 Å². The third-order valence-electron chi connectivity index (χ3n) is 7.94. The fourth-order valence-corrected chi connectivity index (χ4v) is 5.65. The Labute approximate surface area is 265 Å². The SMILES string of the molecule is CCCOc1ccc(/C(O)=C2\C(=O)C(=O)N(CCCN3CCOCC3)C2c2ccc(OCc3ccccc3)c(OCC)c2)cc1. The number of nitrogens with zero attached hydrogens (tertiary/aromatic N) is 2. The number of rotatable bonds is 14. The van der Waals surface area contributed by atoms with Gasteiger partial charge in [-0.3, -0.25) is 14.5 Å². The monoisotopic (exact) mass is 614 g/mol. The second-order valence-corrected chi connectivity index (χ2v) is 11.1. The van der Waals surface area contributed by atoms with Crippen LogP contribution in [0.25, 0.3) is 5.76 Å². The Morgan fingerprint density at radius 1 is 0.889 bits per heavy atom. The van der Waals surface area contributed by atoms with Gasteiger partial charge in [0, 0.05) is 31.7 Å². The Bertz CT molecular complexity index is 1470. The van der Waals surface area contributed by atoms with Gasteiger partial charge in [0.05, 0.1) is 38.0 Å². The molecule has 0 radical (unpaired) electrons. The van der Waals surface area contributed by atoms with E-state index in [2.05, 4.69) is 4.90 Å². The number of benzene rings is 3. The molecule has 1 atom stereocenters. The lowest BCUT2D eigenvalue weighted by Crippen LogP contribution is -2.39. The van der Waals surface area contributed by atoms with Gasteiger partial charge in [0.25, 0.3) is 11.7 Å². The summed E-state index contributed by atoms with van der Waals surface area (Å²) in [4.78, 5) is 31.0. The third kappa shape index (κ3) is 7.85. The van der Waals surface area contributed by atoms with Crippen LogP contribution in [0.5, 0.6) is 17.2 Å². The van der Waals surface area contributed by atoms with Gasteiger partial charge in [-0.05, 0) is 67.3 Å². The minimum Gasteiger partial charge on any atom is -0.507 e. The predicted molar refractivity (Wildman–Crippen MR) is 171 cm³/mol. The summed E-state index contributed by atoms with van der Waals surface area (Å²) in [5, 5.41) is 11.6. The highest BCUT2D eigenvalue weighted by Crippen LogP contribution is 2.42. The fourth-order valence-electron chi connectivity index (χ4n) is 5.65. The molecule has 5 rings (SSSR count). The first-order chi connectivity index (χ1) is 22.0. The van der Waals surface area contributed by atoms with Gasteiger partial charge in [-0.2, -0.15) is 0 Å². The topological polar surface area (TPSA) is 97.8 Å². The van der Waals surface area contributed by atoms with Gasteiger partial charge in [-0.25, -0.2) is 0 Å². The molecule has 2 saturated heterocycles. The highest BCUT2D eigenvalue weighted by atomic mass is 16.5. The number of hydrogen-bond donors (Lipinski definition) is 1. The van der Waals surface area contributed by atoms with Crippen LogP contribution >= 0.6 is 0 Å². The van der Waals surface area contributed by atoms with Crippen molar-refractivity contribution >= 4 is 17.4 Å². The molecule has 2 fully saturated rings. The average molecular weight is 615 g/mol.